The molecule has 0 heterocycles. The summed E-state index contributed by atoms with van der Waals surface area (Å²) < 4.78 is 0. The van der Waals surface area contributed by atoms with E-state index in [-0.39, 0.29) is 0 Å². The van der Waals surface area contributed by atoms with Gasteiger partial charge in [-0.05, 0) is 32.5 Å². The molecule has 0 aromatic heterocycles. The standard InChI is InChI=1S/C6H14N2O2.C4H11N/c7-4-2-1-3-5(8)6(9)10;1-3-5-4-2/h5H,1-4,7-8H2,(H,9,10);5H,3-4H2,1-2H3. The van der Waals surface area contributed by atoms with E-state index in [0.717, 1.165) is 25.9 Å². The number of nitrogens with two attached hydrogens (primary N) is 2. The smallest absolute Gasteiger partial charge is 0.320 e. The minimum absolute atomic E-state index is 0.520. The summed E-state index contributed by atoms with van der Waals surface area (Å²) in [6.07, 6.45) is 2.16. The van der Waals surface area contributed by atoms with Gasteiger partial charge in [-0.25, -0.2) is 0 Å². The van der Waals surface area contributed by atoms with E-state index in [2.05, 4.69) is 19.2 Å². The Morgan fingerprint density at radius 1 is 1.33 bits per heavy atom. The number of aliphatic carboxylic acids is 1. The molecule has 0 amide bonds. The molecule has 0 bridgehead atoms. The molecule has 0 rings (SSSR count). The maximum atomic E-state index is 10.1. The molecule has 1 atom stereocenters. The number of carbonyl (C=O) groups is 1. The quantitative estimate of drug-likeness (QED) is 0.456. The molecule has 0 aromatic rings. The highest BCUT2D eigenvalue weighted by atomic mass is 16.4. The van der Waals surface area contributed by atoms with Gasteiger partial charge in [0.2, 0.25) is 0 Å². The Hall–Kier alpha value is -0.650. The van der Waals surface area contributed by atoms with Gasteiger partial charge in [0.05, 0.1) is 0 Å². The number of hydrogen-bond donors (Lipinski definition) is 4. The topological polar surface area (TPSA) is 101 Å². The van der Waals surface area contributed by atoms with E-state index in [9.17, 15) is 4.79 Å². The molecule has 0 aromatic carbocycles. The summed E-state index contributed by atoms with van der Waals surface area (Å²) in [5, 5.41) is 11.4. The average Bonchev–Trinajstić information content (AvgIpc) is 2.20. The minimum atomic E-state index is -0.933. The van der Waals surface area contributed by atoms with Gasteiger partial charge in [0.25, 0.3) is 0 Å². The molecular weight excluding hydrogens is 194 g/mol. The molecule has 0 aliphatic heterocycles. The maximum Gasteiger partial charge on any atom is 0.320 e. The van der Waals surface area contributed by atoms with Crippen molar-refractivity contribution in [3.8, 4) is 0 Å². The largest absolute Gasteiger partial charge is 0.480 e. The Labute approximate surface area is 92.2 Å². The van der Waals surface area contributed by atoms with Gasteiger partial charge in [0.15, 0.2) is 0 Å². The number of carboxylic acid groups (broad SMARTS) is 1. The third-order valence-corrected chi connectivity index (χ3v) is 1.79. The zero-order valence-corrected chi connectivity index (χ0v) is 9.83. The Bertz CT molecular complexity index is 141. The SMILES string of the molecule is CCNCC.NCCCCC(N)C(=O)O. The fourth-order valence-corrected chi connectivity index (χ4v) is 0.882. The van der Waals surface area contributed by atoms with E-state index in [1.807, 2.05) is 0 Å². The molecule has 15 heavy (non-hydrogen) atoms. The van der Waals surface area contributed by atoms with E-state index >= 15 is 0 Å². The third kappa shape index (κ3) is 16.1. The minimum Gasteiger partial charge on any atom is -0.480 e. The molecule has 0 saturated carbocycles. The highest BCUT2D eigenvalue weighted by Gasteiger charge is 2.09. The van der Waals surface area contributed by atoms with Crippen LogP contribution < -0.4 is 16.8 Å². The average molecular weight is 219 g/mol. The molecule has 0 aliphatic rings. The van der Waals surface area contributed by atoms with Crippen LogP contribution in [0.1, 0.15) is 33.1 Å². The molecule has 1 unspecified atom stereocenters. The number of nitrogens with one attached hydrogen (secondary N) is 1. The first kappa shape index (κ1) is 16.8. The first-order valence-electron chi connectivity index (χ1n) is 5.49. The van der Waals surface area contributed by atoms with Crippen LogP contribution in [-0.2, 0) is 4.79 Å². The summed E-state index contributed by atoms with van der Waals surface area (Å²) in [5.41, 5.74) is 10.4. The number of rotatable bonds is 7. The van der Waals surface area contributed by atoms with Crippen molar-refractivity contribution in [3.63, 3.8) is 0 Å². The molecule has 0 spiro atoms. The van der Waals surface area contributed by atoms with Crippen LogP contribution in [0.3, 0.4) is 0 Å². The Balaban J connectivity index is 0. The molecule has 0 fully saturated rings. The molecule has 5 heteroatoms. The van der Waals surface area contributed by atoms with Crippen LogP contribution >= 0.6 is 0 Å². The number of carboxylic acids is 1. The second kappa shape index (κ2) is 13.4. The monoisotopic (exact) mass is 219 g/mol. The van der Waals surface area contributed by atoms with Crippen LogP contribution in [0, 0.1) is 0 Å². The lowest BCUT2D eigenvalue weighted by Gasteiger charge is -2.03. The van der Waals surface area contributed by atoms with E-state index in [0.29, 0.717) is 13.0 Å². The van der Waals surface area contributed by atoms with Crippen molar-refractivity contribution in [2.24, 2.45) is 11.5 Å². The first-order chi connectivity index (χ1) is 7.09. The summed E-state index contributed by atoms with van der Waals surface area (Å²) in [6.45, 7) is 6.99. The molecule has 92 valence electrons. The summed E-state index contributed by atoms with van der Waals surface area (Å²) in [4.78, 5) is 10.1. The van der Waals surface area contributed by atoms with Gasteiger partial charge in [0, 0.05) is 0 Å². The van der Waals surface area contributed by atoms with Crippen LogP contribution in [0.15, 0.2) is 0 Å². The Morgan fingerprint density at radius 3 is 2.13 bits per heavy atom. The fourth-order valence-electron chi connectivity index (χ4n) is 0.882. The van der Waals surface area contributed by atoms with E-state index < -0.39 is 12.0 Å². The predicted octanol–water partition coefficient (Wildman–Crippen LogP) is 0.143. The zero-order valence-electron chi connectivity index (χ0n) is 9.83. The Morgan fingerprint density at radius 2 is 1.87 bits per heavy atom. The fraction of sp³-hybridized carbons (Fsp3) is 0.900. The highest BCUT2D eigenvalue weighted by molar-refractivity contribution is 5.72. The van der Waals surface area contributed by atoms with Crippen LogP contribution in [0.25, 0.3) is 0 Å². The number of unbranched alkanes of at least 4 members (excludes halogenated alkanes) is 1. The van der Waals surface area contributed by atoms with Gasteiger partial charge >= 0.3 is 5.97 Å². The van der Waals surface area contributed by atoms with Gasteiger partial charge in [-0.15, -0.1) is 0 Å². The lowest BCUT2D eigenvalue weighted by molar-refractivity contribution is -0.138. The second-order valence-corrected chi connectivity index (χ2v) is 3.19. The summed E-state index contributed by atoms with van der Waals surface area (Å²) >= 11 is 0. The van der Waals surface area contributed by atoms with Gasteiger partial charge in [-0.3, -0.25) is 4.79 Å². The third-order valence-electron chi connectivity index (χ3n) is 1.79. The van der Waals surface area contributed by atoms with Gasteiger partial charge < -0.3 is 21.9 Å². The number of hydrogen-bond acceptors (Lipinski definition) is 4. The van der Waals surface area contributed by atoms with E-state index in [4.69, 9.17) is 16.6 Å². The van der Waals surface area contributed by atoms with E-state index in [1.54, 1.807) is 0 Å². The van der Waals surface area contributed by atoms with Crippen molar-refractivity contribution in [1.29, 1.82) is 0 Å². The van der Waals surface area contributed by atoms with Gasteiger partial charge in [-0.2, -0.15) is 0 Å². The first-order valence-corrected chi connectivity index (χ1v) is 5.49. The van der Waals surface area contributed by atoms with Crippen LogP contribution in [0.2, 0.25) is 0 Å². The molecule has 0 radical (unpaired) electrons. The van der Waals surface area contributed by atoms with Crippen LogP contribution in [0.5, 0.6) is 0 Å². The van der Waals surface area contributed by atoms with E-state index in [1.165, 1.54) is 0 Å². The van der Waals surface area contributed by atoms with Crippen molar-refractivity contribution in [2.45, 2.75) is 39.2 Å². The molecule has 0 saturated heterocycles. The molecule has 5 nitrogen and oxygen atoms in total. The van der Waals surface area contributed by atoms with Crippen molar-refractivity contribution >= 4 is 5.97 Å². The summed E-state index contributed by atoms with van der Waals surface area (Å²) in [7, 11) is 0. The van der Waals surface area contributed by atoms with Crippen molar-refractivity contribution in [1.82, 2.24) is 5.32 Å². The zero-order chi connectivity index (χ0) is 12.1. The second-order valence-electron chi connectivity index (χ2n) is 3.19. The lowest BCUT2D eigenvalue weighted by Crippen LogP contribution is -2.29. The molecule has 6 N–H and O–H groups in total. The lowest BCUT2D eigenvalue weighted by atomic mass is 10.1. The van der Waals surface area contributed by atoms with Crippen LogP contribution in [0.4, 0.5) is 0 Å². The van der Waals surface area contributed by atoms with Gasteiger partial charge in [0.1, 0.15) is 6.04 Å². The van der Waals surface area contributed by atoms with Crippen LogP contribution in [-0.4, -0.2) is 36.8 Å². The van der Waals surface area contributed by atoms with Crippen molar-refractivity contribution in [3.05, 3.63) is 0 Å². The maximum absolute atomic E-state index is 10.1. The van der Waals surface area contributed by atoms with Crippen molar-refractivity contribution in [2.75, 3.05) is 19.6 Å². The Kier molecular flexibility index (Phi) is 14.9. The molecule has 0 aliphatic carbocycles. The van der Waals surface area contributed by atoms with Crippen molar-refractivity contribution < 1.29 is 9.90 Å². The highest BCUT2D eigenvalue weighted by Crippen LogP contribution is 1.96. The normalized spacial score (nSPS) is 11.5. The summed E-state index contributed by atoms with van der Waals surface area (Å²) in [5.74, 6) is -0.933. The summed E-state index contributed by atoms with van der Waals surface area (Å²) in [6, 6.07) is -0.716. The predicted molar refractivity (Wildman–Crippen MR) is 62.7 cm³/mol. The molecular formula is C10H25N3O2. The van der Waals surface area contributed by atoms with Gasteiger partial charge in [-0.1, -0.05) is 20.3 Å².